The van der Waals surface area contributed by atoms with Gasteiger partial charge in [0.2, 0.25) is 10.0 Å². The van der Waals surface area contributed by atoms with Crippen LogP contribution in [0.2, 0.25) is 5.02 Å². The Hall–Kier alpha value is -3.40. The monoisotopic (exact) mass is 569 g/mol. The lowest BCUT2D eigenvalue weighted by Gasteiger charge is -2.32. The minimum Gasteiger partial charge on any atom is -0.493 e. The van der Waals surface area contributed by atoms with E-state index in [4.69, 9.17) is 21.1 Å². The maximum atomic E-state index is 13.5. The summed E-state index contributed by atoms with van der Waals surface area (Å²) >= 11 is 5.95. The van der Waals surface area contributed by atoms with Gasteiger partial charge in [0.05, 0.1) is 24.8 Å². The highest BCUT2D eigenvalue weighted by molar-refractivity contribution is 7.89. The molecule has 206 valence electrons. The number of rotatable bonds is 11. The Bertz CT molecular complexity index is 1380. The molecule has 8 nitrogen and oxygen atoms in total. The molecule has 3 aromatic carbocycles. The third-order valence-electron chi connectivity index (χ3n) is 6.53. The molecule has 1 aliphatic rings. The van der Waals surface area contributed by atoms with Crippen LogP contribution in [0.15, 0.2) is 82.8 Å². The van der Waals surface area contributed by atoms with Gasteiger partial charge in [-0.1, -0.05) is 61.2 Å². The highest BCUT2D eigenvalue weighted by Gasteiger charge is 2.34. The van der Waals surface area contributed by atoms with E-state index in [1.165, 1.54) is 34.8 Å². The van der Waals surface area contributed by atoms with Gasteiger partial charge in [0, 0.05) is 11.1 Å². The van der Waals surface area contributed by atoms with Crippen LogP contribution in [0.3, 0.4) is 0 Å². The van der Waals surface area contributed by atoms with Crippen LogP contribution in [-0.4, -0.2) is 44.5 Å². The number of methoxy groups -OCH3 is 1. The molecule has 0 aromatic heterocycles. The number of ether oxygens (including phenoxy) is 2. The lowest BCUT2D eigenvalue weighted by atomic mass is 9.95. The second-order valence-electron chi connectivity index (χ2n) is 9.27. The molecule has 1 aliphatic carbocycles. The zero-order valence-electron chi connectivity index (χ0n) is 21.8. The Kier molecular flexibility index (Phi) is 9.97. The maximum Gasteiger partial charge on any atom is 0.255 e. The van der Waals surface area contributed by atoms with Gasteiger partial charge >= 0.3 is 0 Å². The highest BCUT2D eigenvalue weighted by Crippen LogP contribution is 2.29. The SMILES string of the molecule is COc1cc(/C=N\NC(=O)CN(C2CCCCC2)S(=O)(=O)c2ccc(Cl)cc2)ccc1OCc1ccccc1. The van der Waals surface area contributed by atoms with Gasteiger partial charge in [-0.25, -0.2) is 13.8 Å². The Morgan fingerprint density at radius 1 is 1.03 bits per heavy atom. The molecule has 0 aliphatic heterocycles. The number of hydrogen-bond acceptors (Lipinski definition) is 6. The quantitative estimate of drug-likeness (QED) is 0.246. The minimum atomic E-state index is -3.90. The molecule has 0 saturated heterocycles. The second kappa shape index (κ2) is 13.6. The fraction of sp³-hybridized carbons (Fsp3) is 0.310. The van der Waals surface area contributed by atoms with Crippen LogP contribution in [0.1, 0.15) is 43.2 Å². The molecule has 0 radical (unpaired) electrons. The number of hydrogen-bond donors (Lipinski definition) is 1. The van der Waals surface area contributed by atoms with Crippen molar-refractivity contribution in [2.24, 2.45) is 5.10 Å². The number of carbonyl (C=O) groups is 1. The van der Waals surface area contributed by atoms with E-state index >= 15 is 0 Å². The van der Waals surface area contributed by atoms with Gasteiger partial charge in [0.25, 0.3) is 5.91 Å². The zero-order chi connectivity index (χ0) is 27.7. The van der Waals surface area contributed by atoms with Crippen LogP contribution >= 0.6 is 11.6 Å². The van der Waals surface area contributed by atoms with E-state index in [-0.39, 0.29) is 17.5 Å². The third kappa shape index (κ3) is 7.81. The second-order valence-corrected chi connectivity index (χ2v) is 11.6. The molecule has 3 aromatic rings. The third-order valence-corrected chi connectivity index (χ3v) is 8.69. The van der Waals surface area contributed by atoms with Gasteiger partial charge < -0.3 is 9.47 Å². The molecule has 39 heavy (non-hydrogen) atoms. The summed E-state index contributed by atoms with van der Waals surface area (Å²) in [6.45, 7) is 0.0691. The predicted octanol–water partition coefficient (Wildman–Crippen LogP) is 5.40. The number of sulfonamides is 1. The van der Waals surface area contributed by atoms with Crippen LogP contribution in [0.4, 0.5) is 0 Å². The molecule has 0 spiro atoms. The Labute approximate surface area is 234 Å². The Morgan fingerprint density at radius 2 is 1.74 bits per heavy atom. The first kappa shape index (κ1) is 28.6. The van der Waals surface area contributed by atoms with Crippen molar-refractivity contribution in [2.75, 3.05) is 13.7 Å². The van der Waals surface area contributed by atoms with Gasteiger partial charge in [-0.2, -0.15) is 9.41 Å². The molecule has 1 amide bonds. The maximum absolute atomic E-state index is 13.5. The van der Waals surface area contributed by atoms with Gasteiger partial charge in [-0.15, -0.1) is 0 Å². The van der Waals surface area contributed by atoms with Crippen molar-refractivity contribution in [1.29, 1.82) is 0 Å². The minimum absolute atomic E-state index is 0.107. The lowest BCUT2D eigenvalue weighted by Crippen LogP contribution is -2.46. The van der Waals surface area contributed by atoms with E-state index in [0.717, 1.165) is 24.8 Å². The topological polar surface area (TPSA) is 97.3 Å². The molecule has 10 heteroatoms. The van der Waals surface area contributed by atoms with E-state index in [0.29, 0.717) is 41.5 Å². The molecule has 4 rings (SSSR count). The predicted molar refractivity (Wildman–Crippen MR) is 152 cm³/mol. The van der Waals surface area contributed by atoms with Gasteiger partial charge in [-0.3, -0.25) is 4.79 Å². The number of nitrogens with zero attached hydrogens (tertiary/aromatic N) is 2. The van der Waals surface area contributed by atoms with E-state index < -0.39 is 15.9 Å². The zero-order valence-corrected chi connectivity index (χ0v) is 23.3. The molecule has 1 saturated carbocycles. The summed E-state index contributed by atoms with van der Waals surface area (Å²) in [5.41, 5.74) is 4.18. The number of hydrazone groups is 1. The van der Waals surface area contributed by atoms with Gasteiger partial charge in [-0.05, 0) is 66.4 Å². The van der Waals surface area contributed by atoms with E-state index in [1.807, 2.05) is 30.3 Å². The number of nitrogens with one attached hydrogen (secondary N) is 1. The van der Waals surface area contributed by atoms with Crippen molar-refractivity contribution in [1.82, 2.24) is 9.73 Å². The molecular weight excluding hydrogens is 538 g/mol. The smallest absolute Gasteiger partial charge is 0.255 e. The first-order valence-corrected chi connectivity index (χ1v) is 14.6. The van der Waals surface area contributed by atoms with Crippen LogP contribution in [0, 0.1) is 0 Å². The summed E-state index contributed by atoms with van der Waals surface area (Å²) in [7, 11) is -2.35. The summed E-state index contributed by atoms with van der Waals surface area (Å²) < 4.78 is 39.5. The fourth-order valence-electron chi connectivity index (χ4n) is 4.50. The van der Waals surface area contributed by atoms with Crippen molar-refractivity contribution in [3.8, 4) is 11.5 Å². The van der Waals surface area contributed by atoms with Crippen molar-refractivity contribution in [2.45, 2.75) is 49.6 Å². The van der Waals surface area contributed by atoms with Gasteiger partial charge in [0.1, 0.15) is 6.61 Å². The summed E-state index contributed by atoms with van der Waals surface area (Å²) in [4.78, 5) is 12.9. The van der Waals surface area contributed by atoms with E-state index in [1.54, 1.807) is 25.3 Å². The molecule has 0 unspecified atom stereocenters. The molecule has 1 N–H and O–H groups in total. The summed E-state index contributed by atoms with van der Waals surface area (Å²) in [5, 5.41) is 4.49. The van der Waals surface area contributed by atoms with Crippen molar-refractivity contribution in [3.63, 3.8) is 0 Å². The number of halogens is 1. The van der Waals surface area contributed by atoms with E-state index in [9.17, 15) is 13.2 Å². The highest BCUT2D eigenvalue weighted by atomic mass is 35.5. The first-order valence-electron chi connectivity index (χ1n) is 12.8. The largest absolute Gasteiger partial charge is 0.493 e. The molecular formula is C29H32ClN3O5S. The number of benzene rings is 3. The van der Waals surface area contributed by atoms with Crippen molar-refractivity contribution >= 4 is 33.7 Å². The van der Waals surface area contributed by atoms with Gasteiger partial charge in [0.15, 0.2) is 11.5 Å². The summed E-state index contributed by atoms with van der Waals surface area (Å²) in [6, 6.07) is 20.9. The number of amides is 1. The standard InChI is InChI=1S/C29H32ClN3O5S/c1-37-28-18-23(12-17-27(28)38-21-22-8-4-2-5-9-22)19-31-32-29(34)20-33(25-10-6-3-7-11-25)39(35,36)26-15-13-24(30)14-16-26/h2,4-5,8-9,12-19,25H,3,6-7,10-11,20-21H2,1H3,(H,32,34)/b31-19-. The van der Waals surface area contributed by atoms with Crippen molar-refractivity contribution < 1.29 is 22.7 Å². The van der Waals surface area contributed by atoms with E-state index in [2.05, 4.69) is 10.5 Å². The molecule has 0 atom stereocenters. The number of carbonyl (C=O) groups excluding carboxylic acids is 1. The summed E-state index contributed by atoms with van der Waals surface area (Å²) in [6.07, 6.45) is 5.79. The molecule has 0 bridgehead atoms. The molecule has 1 fully saturated rings. The normalized spacial score (nSPS) is 14.4. The Morgan fingerprint density at radius 3 is 2.44 bits per heavy atom. The van der Waals surface area contributed by atoms with Crippen LogP contribution in [0.5, 0.6) is 11.5 Å². The lowest BCUT2D eigenvalue weighted by molar-refractivity contribution is -0.121. The fourth-order valence-corrected chi connectivity index (χ4v) is 6.26. The molecule has 0 heterocycles. The first-order chi connectivity index (χ1) is 18.9. The van der Waals surface area contributed by atoms with Crippen molar-refractivity contribution in [3.05, 3.63) is 88.9 Å². The van der Waals surface area contributed by atoms with Crippen LogP contribution in [-0.2, 0) is 21.4 Å². The average Bonchev–Trinajstić information content (AvgIpc) is 2.96. The Balaban J connectivity index is 1.41. The summed E-state index contributed by atoms with van der Waals surface area (Å²) in [5.74, 6) is 0.584. The van der Waals surface area contributed by atoms with Crippen LogP contribution < -0.4 is 14.9 Å². The van der Waals surface area contributed by atoms with Crippen LogP contribution in [0.25, 0.3) is 0 Å². The average molecular weight is 570 g/mol.